The maximum absolute atomic E-state index is 11.8. The quantitative estimate of drug-likeness (QED) is 0.620. The van der Waals surface area contributed by atoms with Crippen molar-refractivity contribution in [2.45, 2.75) is 6.42 Å². The zero-order valence-electron chi connectivity index (χ0n) is 12.2. The first-order chi connectivity index (χ1) is 10.6. The Hall–Kier alpha value is -1.70. The van der Waals surface area contributed by atoms with Crippen LogP contribution in [0.3, 0.4) is 0 Å². The zero-order valence-corrected chi connectivity index (χ0v) is 12.9. The third-order valence-corrected chi connectivity index (χ3v) is 3.48. The molecular formula is C14H19ClN4O3. The van der Waals surface area contributed by atoms with Crippen LogP contribution >= 0.6 is 11.6 Å². The highest BCUT2D eigenvalue weighted by atomic mass is 35.5. The molecule has 8 heteroatoms. The third kappa shape index (κ3) is 5.59. The highest BCUT2D eigenvalue weighted by Crippen LogP contribution is 2.04. The number of rotatable bonds is 5. The summed E-state index contributed by atoms with van der Waals surface area (Å²) in [5.41, 5.74) is 0.285. The number of pyridine rings is 1. The first-order valence-corrected chi connectivity index (χ1v) is 7.54. The van der Waals surface area contributed by atoms with Crippen molar-refractivity contribution in [3.8, 4) is 0 Å². The van der Waals surface area contributed by atoms with E-state index in [2.05, 4.69) is 20.5 Å². The summed E-state index contributed by atoms with van der Waals surface area (Å²) in [6, 6.07) is 2.49. The van der Waals surface area contributed by atoms with E-state index in [1.165, 1.54) is 18.3 Å². The number of carbonyl (C=O) groups is 2. The highest BCUT2D eigenvalue weighted by Gasteiger charge is 2.11. The fraction of sp³-hybridized carbons (Fsp3) is 0.500. The van der Waals surface area contributed by atoms with Crippen molar-refractivity contribution >= 4 is 23.5 Å². The smallest absolute Gasteiger partial charge is 0.321 e. The average Bonchev–Trinajstić information content (AvgIpc) is 2.53. The van der Waals surface area contributed by atoms with Gasteiger partial charge in [0.2, 0.25) is 0 Å². The first kappa shape index (κ1) is 16.7. The summed E-state index contributed by atoms with van der Waals surface area (Å²) in [4.78, 5) is 29.5. The van der Waals surface area contributed by atoms with Crippen LogP contribution in [0.1, 0.15) is 16.8 Å². The van der Waals surface area contributed by atoms with Crippen molar-refractivity contribution in [3.63, 3.8) is 0 Å². The van der Waals surface area contributed by atoms with Crippen LogP contribution in [0.15, 0.2) is 18.3 Å². The van der Waals surface area contributed by atoms with Gasteiger partial charge in [0.25, 0.3) is 5.91 Å². The van der Waals surface area contributed by atoms with Gasteiger partial charge < -0.3 is 10.1 Å². The Bertz CT molecular complexity index is 503. The molecule has 0 unspecified atom stereocenters. The lowest BCUT2D eigenvalue weighted by Crippen LogP contribution is -2.41. The Labute approximate surface area is 134 Å². The number of imide groups is 1. The average molecular weight is 327 g/mol. The molecule has 1 aliphatic heterocycles. The van der Waals surface area contributed by atoms with Crippen LogP contribution in [-0.4, -0.2) is 61.2 Å². The van der Waals surface area contributed by atoms with Gasteiger partial charge in [-0.05, 0) is 25.1 Å². The van der Waals surface area contributed by atoms with Gasteiger partial charge >= 0.3 is 6.03 Å². The SMILES string of the molecule is O=C(NCCCN1CCOCC1)NC(=O)c1ccc(Cl)nc1. The second-order valence-electron chi connectivity index (χ2n) is 4.89. The molecule has 120 valence electrons. The van der Waals surface area contributed by atoms with E-state index >= 15 is 0 Å². The predicted molar refractivity (Wildman–Crippen MR) is 82.0 cm³/mol. The number of aromatic nitrogens is 1. The predicted octanol–water partition coefficient (Wildman–Crippen LogP) is 0.897. The number of amides is 3. The molecule has 1 saturated heterocycles. The minimum absolute atomic E-state index is 0.285. The molecule has 3 amide bonds. The Kier molecular flexibility index (Phi) is 6.57. The van der Waals surface area contributed by atoms with Crippen LogP contribution in [0.2, 0.25) is 5.15 Å². The Morgan fingerprint density at radius 3 is 2.77 bits per heavy atom. The minimum Gasteiger partial charge on any atom is -0.379 e. The molecular weight excluding hydrogens is 308 g/mol. The lowest BCUT2D eigenvalue weighted by atomic mass is 10.3. The molecule has 1 aromatic rings. The standard InChI is InChI=1S/C14H19ClN4O3/c15-12-3-2-11(10-17-12)13(20)18-14(21)16-4-1-5-19-6-8-22-9-7-19/h2-3,10H,1,4-9H2,(H2,16,18,20,21). The lowest BCUT2D eigenvalue weighted by molar-refractivity contribution is 0.0375. The van der Waals surface area contributed by atoms with Gasteiger partial charge in [0.1, 0.15) is 5.15 Å². The van der Waals surface area contributed by atoms with E-state index in [1.807, 2.05) is 0 Å². The Morgan fingerprint density at radius 1 is 1.32 bits per heavy atom. The molecule has 1 fully saturated rings. The van der Waals surface area contributed by atoms with Gasteiger partial charge in [0, 0.05) is 25.8 Å². The molecule has 0 saturated carbocycles. The minimum atomic E-state index is -0.512. The second-order valence-corrected chi connectivity index (χ2v) is 5.27. The molecule has 1 aliphatic rings. The number of morpholine rings is 1. The molecule has 0 bridgehead atoms. The van der Waals surface area contributed by atoms with Gasteiger partial charge in [0.05, 0.1) is 18.8 Å². The van der Waals surface area contributed by atoms with Crippen molar-refractivity contribution in [1.29, 1.82) is 0 Å². The topological polar surface area (TPSA) is 83.6 Å². The molecule has 0 aromatic carbocycles. The molecule has 7 nitrogen and oxygen atoms in total. The molecule has 1 aromatic heterocycles. The van der Waals surface area contributed by atoms with Gasteiger partial charge in [0.15, 0.2) is 0 Å². The fourth-order valence-electron chi connectivity index (χ4n) is 2.06. The van der Waals surface area contributed by atoms with E-state index < -0.39 is 11.9 Å². The van der Waals surface area contributed by atoms with Crippen molar-refractivity contribution in [3.05, 3.63) is 29.0 Å². The summed E-state index contributed by atoms with van der Waals surface area (Å²) in [6.45, 7) is 4.78. The molecule has 0 aliphatic carbocycles. The van der Waals surface area contributed by atoms with Crippen LogP contribution in [0.5, 0.6) is 0 Å². The maximum atomic E-state index is 11.8. The normalized spacial score (nSPS) is 15.3. The van der Waals surface area contributed by atoms with Crippen molar-refractivity contribution in [2.75, 3.05) is 39.4 Å². The largest absolute Gasteiger partial charge is 0.379 e. The van der Waals surface area contributed by atoms with Gasteiger partial charge in [-0.25, -0.2) is 9.78 Å². The van der Waals surface area contributed by atoms with Crippen molar-refractivity contribution in [2.24, 2.45) is 0 Å². The number of halogens is 1. The lowest BCUT2D eigenvalue weighted by Gasteiger charge is -2.26. The van der Waals surface area contributed by atoms with E-state index in [0.29, 0.717) is 11.7 Å². The van der Waals surface area contributed by atoms with Gasteiger partial charge in [-0.2, -0.15) is 0 Å². The summed E-state index contributed by atoms with van der Waals surface area (Å²) < 4.78 is 5.27. The summed E-state index contributed by atoms with van der Waals surface area (Å²) >= 11 is 5.64. The van der Waals surface area contributed by atoms with E-state index in [0.717, 1.165) is 39.3 Å². The molecule has 2 N–H and O–H groups in total. The second kappa shape index (κ2) is 8.67. The third-order valence-electron chi connectivity index (χ3n) is 3.26. The highest BCUT2D eigenvalue weighted by molar-refractivity contribution is 6.29. The van der Waals surface area contributed by atoms with Crippen molar-refractivity contribution in [1.82, 2.24) is 20.5 Å². The molecule has 0 spiro atoms. The Morgan fingerprint density at radius 2 is 2.09 bits per heavy atom. The number of nitrogens with zero attached hydrogens (tertiary/aromatic N) is 2. The van der Waals surface area contributed by atoms with Crippen LogP contribution in [0.25, 0.3) is 0 Å². The summed E-state index contributed by atoms with van der Waals surface area (Å²) in [5.74, 6) is -0.505. The maximum Gasteiger partial charge on any atom is 0.321 e. The van der Waals surface area contributed by atoms with Gasteiger partial charge in [-0.3, -0.25) is 15.0 Å². The van der Waals surface area contributed by atoms with Gasteiger partial charge in [-0.15, -0.1) is 0 Å². The number of urea groups is 1. The summed E-state index contributed by atoms with van der Waals surface area (Å²) in [6.07, 6.45) is 2.15. The molecule has 2 rings (SSSR count). The van der Waals surface area contributed by atoms with Crippen LogP contribution in [-0.2, 0) is 4.74 Å². The molecule has 0 radical (unpaired) electrons. The number of hydrogen-bond acceptors (Lipinski definition) is 5. The Balaban J connectivity index is 1.62. The summed E-state index contributed by atoms with van der Waals surface area (Å²) in [5, 5.41) is 5.20. The monoisotopic (exact) mass is 326 g/mol. The first-order valence-electron chi connectivity index (χ1n) is 7.16. The number of nitrogens with one attached hydrogen (secondary N) is 2. The van der Waals surface area contributed by atoms with E-state index in [-0.39, 0.29) is 5.56 Å². The summed E-state index contributed by atoms with van der Waals surface area (Å²) in [7, 11) is 0. The number of hydrogen-bond donors (Lipinski definition) is 2. The fourth-order valence-corrected chi connectivity index (χ4v) is 2.17. The van der Waals surface area contributed by atoms with E-state index in [4.69, 9.17) is 16.3 Å². The van der Waals surface area contributed by atoms with E-state index in [1.54, 1.807) is 0 Å². The van der Waals surface area contributed by atoms with Crippen LogP contribution in [0.4, 0.5) is 4.79 Å². The van der Waals surface area contributed by atoms with Crippen LogP contribution in [0, 0.1) is 0 Å². The molecule has 22 heavy (non-hydrogen) atoms. The van der Waals surface area contributed by atoms with E-state index in [9.17, 15) is 9.59 Å². The van der Waals surface area contributed by atoms with Crippen LogP contribution < -0.4 is 10.6 Å². The van der Waals surface area contributed by atoms with Gasteiger partial charge in [-0.1, -0.05) is 11.6 Å². The molecule has 2 heterocycles. The number of carbonyl (C=O) groups excluding carboxylic acids is 2. The number of ether oxygens (including phenoxy) is 1. The van der Waals surface area contributed by atoms with Crippen molar-refractivity contribution < 1.29 is 14.3 Å². The molecule has 0 atom stereocenters. The zero-order chi connectivity index (χ0) is 15.8.